The van der Waals surface area contributed by atoms with Gasteiger partial charge in [-0.05, 0) is 12.1 Å². The summed E-state index contributed by atoms with van der Waals surface area (Å²) in [4.78, 5) is 27.9. The zero-order chi connectivity index (χ0) is 20.7. The van der Waals surface area contributed by atoms with Crippen molar-refractivity contribution < 1.29 is 9.53 Å². The van der Waals surface area contributed by atoms with Crippen LogP contribution in [0.3, 0.4) is 0 Å². The Kier molecular flexibility index (Phi) is 4.61. The summed E-state index contributed by atoms with van der Waals surface area (Å²) in [6.45, 7) is 4.40. The van der Waals surface area contributed by atoms with Gasteiger partial charge in [-0.15, -0.1) is 5.10 Å². The second kappa shape index (κ2) is 7.43. The van der Waals surface area contributed by atoms with E-state index in [1.54, 1.807) is 18.8 Å². The molecule has 0 unspecified atom stereocenters. The normalized spacial score (nSPS) is 17.3. The van der Waals surface area contributed by atoms with Gasteiger partial charge in [0.25, 0.3) is 0 Å². The van der Waals surface area contributed by atoms with Crippen LogP contribution in [0.25, 0.3) is 11.2 Å². The molecule has 0 atom stereocenters. The number of rotatable bonds is 4. The maximum absolute atomic E-state index is 13.0. The molecule has 2 aliphatic heterocycles. The van der Waals surface area contributed by atoms with Gasteiger partial charge in [-0.2, -0.15) is 0 Å². The Labute approximate surface area is 174 Å². The molecule has 10 nitrogen and oxygen atoms in total. The smallest absolute Gasteiger partial charge is 0.229 e. The third-order valence-corrected chi connectivity index (χ3v) is 5.91. The van der Waals surface area contributed by atoms with Crippen LogP contribution in [0.4, 0.5) is 11.5 Å². The number of ether oxygens (including phenoxy) is 1. The summed E-state index contributed by atoms with van der Waals surface area (Å²) in [5, 5.41) is 8.18. The fourth-order valence-corrected chi connectivity index (χ4v) is 4.13. The highest BCUT2D eigenvalue weighted by atomic mass is 16.5. The maximum atomic E-state index is 13.0. The number of hydrogen-bond acceptors (Lipinski definition) is 8. The van der Waals surface area contributed by atoms with Crippen molar-refractivity contribution in [2.75, 3.05) is 56.2 Å². The zero-order valence-electron chi connectivity index (χ0n) is 17.1. The van der Waals surface area contributed by atoms with Crippen LogP contribution in [-0.4, -0.2) is 82.1 Å². The van der Waals surface area contributed by atoms with Gasteiger partial charge >= 0.3 is 0 Å². The van der Waals surface area contributed by atoms with Gasteiger partial charge in [-0.3, -0.25) is 4.79 Å². The molecule has 1 aromatic carbocycles. The van der Waals surface area contributed by atoms with Gasteiger partial charge in [0.2, 0.25) is 5.91 Å². The summed E-state index contributed by atoms with van der Waals surface area (Å²) in [5.41, 5.74) is 2.51. The van der Waals surface area contributed by atoms with Crippen molar-refractivity contribution in [2.45, 2.75) is 0 Å². The molecule has 5 rings (SSSR count). The zero-order valence-corrected chi connectivity index (χ0v) is 17.1. The van der Waals surface area contributed by atoms with Crippen LogP contribution in [0.1, 0.15) is 0 Å². The standard InChI is InChI=1S/C20H24N8O2/c1-25-18-17(23-24-25)19(22-13-21-18)28-11-14(12-28)20(29)27-8-6-26(7-9-27)15-4-3-5-16(10-15)30-2/h3-5,10,13-14H,6-9,11-12H2,1-2H3. The van der Waals surface area contributed by atoms with E-state index in [0.717, 1.165) is 43.4 Å². The predicted octanol–water partition coefficient (Wildman–Crippen LogP) is 0.552. The van der Waals surface area contributed by atoms with Crippen LogP contribution < -0.4 is 14.5 Å². The molecule has 0 N–H and O–H groups in total. The number of fused-ring (bicyclic) bond motifs is 1. The fourth-order valence-electron chi connectivity index (χ4n) is 4.13. The molecule has 0 spiro atoms. The topological polar surface area (TPSA) is 92.5 Å². The number of methoxy groups -OCH3 is 1. The Hall–Kier alpha value is -3.43. The molecule has 3 aromatic rings. The SMILES string of the molecule is COc1cccc(N2CCN(C(=O)C3CN(c4ncnc5c4nnn5C)C3)CC2)c1. The van der Waals surface area contributed by atoms with Crippen LogP contribution in [0.15, 0.2) is 30.6 Å². The van der Waals surface area contributed by atoms with Crippen LogP contribution >= 0.6 is 0 Å². The predicted molar refractivity (Wildman–Crippen MR) is 112 cm³/mol. The summed E-state index contributed by atoms with van der Waals surface area (Å²) in [6, 6.07) is 8.06. The van der Waals surface area contributed by atoms with E-state index in [4.69, 9.17) is 4.74 Å². The summed E-state index contributed by atoms with van der Waals surface area (Å²) < 4.78 is 6.95. The lowest BCUT2D eigenvalue weighted by Crippen LogP contribution is -2.58. The maximum Gasteiger partial charge on any atom is 0.229 e. The van der Waals surface area contributed by atoms with E-state index in [1.807, 2.05) is 23.1 Å². The van der Waals surface area contributed by atoms with E-state index < -0.39 is 0 Å². The average Bonchev–Trinajstić information content (AvgIpc) is 3.14. The Bertz CT molecular complexity index is 1070. The van der Waals surface area contributed by atoms with Crippen LogP contribution in [0.5, 0.6) is 5.75 Å². The number of hydrogen-bond donors (Lipinski definition) is 0. The highest BCUT2D eigenvalue weighted by Crippen LogP contribution is 2.29. The Morgan fingerprint density at radius 3 is 2.67 bits per heavy atom. The first-order chi connectivity index (χ1) is 14.6. The number of carbonyl (C=O) groups excluding carboxylic acids is 1. The number of carbonyl (C=O) groups is 1. The molecule has 156 valence electrons. The third-order valence-electron chi connectivity index (χ3n) is 5.91. The van der Waals surface area contributed by atoms with Crippen LogP contribution in [0, 0.1) is 5.92 Å². The molecule has 2 fully saturated rings. The molecule has 1 amide bonds. The number of nitrogens with zero attached hydrogens (tertiary/aromatic N) is 8. The van der Waals surface area contributed by atoms with E-state index in [1.165, 1.54) is 6.33 Å². The molecule has 0 bridgehead atoms. The molecule has 4 heterocycles. The molecular weight excluding hydrogens is 384 g/mol. The highest BCUT2D eigenvalue weighted by molar-refractivity contribution is 5.86. The number of aryl methyl sites for hydroxylation is 1. The van der Waals surface area contributed by atoms with Crippen molar-refractivity contribution in [3.05, 3.63) is 30.6 Å². The molecule has 10 heteroatoms. The second-order valence-electron chi connectivity index (χ2n) is 7.70. The molecule has 2 aliphatic rings. The number of aromatic nitrogens is 5. The quantitative estimate of drug-likeness (QED) is 0.618. The summed E-state index contributed by atoms with van der Waals surface area (Å²) in [6.07, 6.45) is 1.52. The first kappa shape index (κ1) is 18.6. The number of piperazine rings is 1. The number of amides is 1. The van der Waals surface area contributed by atoms with Crippen molar-refractivity contribution in [1.29, 1.82) is 0 Å². The number of benzene rings is 1. The van der Waals surface area contributed by atoms with Crippen molar-refractivity contribution in [2.24, 2.45) is 13.0 Å². The lowest BCUT2D eigenvalue weighted by atomic mass is 9.98. The molecule has 2 aromatic heterocycles. The monoisotopic (exact) mass is 408 g/mol. The van der Waals surface area contributed by atoms with Gasteiger partial charge in [0.05, 0.1) is 13.0 Å². The molecule has 2 saturated heterocycles. The van der Waals surface area contributed by atoms with Gasteiger partial charge in [0.1, 0.15) is 12.1 Å². The van der Waals surface area contributed by atoms with Gasteiger partial charge in [0, 0.05) is 58.1 Å². The van der Waals surface area contributed by atoms with Gasteiger partial charge < -0.3 is 19.4 Å². The van der Waals surface area contributed by atoms with E-state index in [2.05, 4.69) is 36.1 Å². The van der Waals surface area contributed by atoms with E-state index in [-0.39, 0.29) is 11.8 Å². The summed E-state index contributed by atoms with van der Waals surface area (Å²) >= 11 is 0. The number of anilines is 2. The summed E-state index contributed by atoms with van der Waals surface area (Å²) in [7, 11) is 3.48. The van der Waals surface area contributed by atoms with Gasteiger partial charge in [-0.25, -0.2) is 14.6 Å². The lowest BCUT2D eigenvalue weighted by molar-refractivity contribution is -0.136. The third kappa shape index (κ3) is 3.17. The van der Waals surface area contributed by atoms with Crippen LogP contribution in [0.2, 0.25) is 0 Å². The lowest BCUT2D eigenvalue weighted by Gasteiger charge is -2.43. The molecule has 0 radical (unpaired) electrons. The van der Waals surface area contributed by atoms with Crippen molar-refractivity contribution in [3.63, 3.8) is 0 Å². The highest BCUT2D eigenvalue weighted by Gasteiger charge is 2.38. The van der Waals surface area contributed by atoms with E-state index >= 15 is 0 Å². The molecule has 0 saturated carbocycles. The Morgan fingerprint density at radius 2 is 1.90 bits per heavy atom. The van der Waals surface area contributed by atoms with Crippen molar-refractivity contribution in [3.8, 4) is 5.75 Å². The van der Waals surface area contributed by atoms with Crippen molar-refractivity contribution in [1.82, 2.24) is 29.9 Å². The fraction of sp³-hybridized carbons (Fsp3) is 0.450. The largest absolute Gasteiger partial charge is 0.497 e. The Morgan fingerprint density at radius 1 is 1.10 bits per heavy atom. The van der Waals surface area contributed by atoms with Crippen molar-refractivity contribution >= 4 is 28.6 Å². The van der Waals surface area contributed by atoms with Gasteiger partial charge in [-0.1, -0.05) is 11.3 Å². The minimum Gasteiger partial charge on any atom is -0.497 e. The molecule has 30 heavy (non-hydrogen) atoms. The Balaban J connectivity index is 1.18. The van der Waals surface area contributed by atoms with E-state index in [9.17, 15) is 4.79 Å². The second-order valence-corrected chi connectivity index (χ2v) is 7.70. The van der Waals surface area contributed by atoms with E-state index in [0.29, 0.717) is 24.3 Å². The first-order valence-electron chi connectivity index (χ1n) is 10.1. The minimum absolute atomic E-state index is 0.00458. The molecular formula is C20H24N8O2. The van der Waals surface area contributed by atoms with Crippen LogP contribution in [-0.2, 0) is 11.8 Å². The molecule has 0 aliphatic carbocycles. The minimum atomic E-state index is -0.00458. The summed E-state index contributed by atoms with van der Waals surface area (Å²) in [5.74, 6) is 1.82. The average molecular weight is 408 g/mol. The van der Waals surface area contributed by atoms with Gasteiger partial charge in [0.15, 0.2) is 17.0 Å². The first-order valence-corrected chi connectivity index (χ1v) is 10.1.